The maximum atomic E-state index is 12.8. The Bertz CT molecular complexity index is 896. The zero-order valence-corrected chi connectivity index (χ0v) is 13.5. The minimum atomic E-state index is -0.637. The predicted octanol–water partition coefficient (Wildman–Crippen LogP) is 4.13. The van der Waals surface area contributed by atoms with Gasteiger partial charge < -0.3 is 5.11 Å². The maximum Gasteiger partial charge on any atom is 0.311 e. The molecule has 0 heterocycles. The number of fused-ring (bicyclic) bond motifs is 1. The number of Topliss-reactive ketones (excluding diaryl/α,β-unsaturated/α-hetero) is 1. The van der Waals surface area contributed by atoms with Crippen molar-refractivity contribution in [3.05, 3.63) is 73.8 Å². The lowest BCUT2D eigenvalue weighted by atomic mass is 9.83. The summed E-state index contributed by atoms with van der Waals surface area (Å²) in [5.41, 5.74) is 4.78. The van der Waals surface area contributed by atoms with Crippen LogP contribution in [0.25, 0.3) is 6.08 Å². The number of hydrogen-bond donors (Lipinski definition) is 1. The van der Waals surface area contributed by atoms with Gasteiger partial charge >= 0.3 is 5.69 Å². The third kappa shape index (κ3) is 2.80. The number of aromatic hydroxyl groups is 1. The number of carbonyl (C=O) groups excluding carboxylic acids is 1. The van der Waals surface area contributed by atoms with Crippen molar-refractivity contribution in [3.63, 3.8) is 0 Å². The summed E-state index contributed by atoms with van der Waals surface area (Å²) in [4.78, 5) is 23.0. The van der Waals surface area contributed by atoms with Gasteiger partial charge in [-0.1, -0.05) is 17.7 Å². The Labute approximate surface area is 139 Å². The highest BCUT2D eigenvalue weighted by atomic mass is 16.6. The van der Waals surface area contributed by atoms with Crippen LogP contribution in [0.4, 0.5) is 5.69 Å². The van der Waals surface area contributed by atoms with Crippen molar-refractivity contribution in [2.75, 3.05) is 0 Å². The molecule has 5 nitrogen and oxygen atoms in total. The van der Waals surface area contributed by atoms with Gasteiger partial charge in [-0.15, -0.1) is 0 Å². The second-order valence-corrected chi connectivity index (χ2v) is 6.11. The molecule has 1 N–H and O–H groups in total. The molecule has 0 saturated heterocycles. The smallest absolute Gasteiger partial charge is 0.311 e. The highest BCUT2D eigenvalue weighted by molar-refractivity contribution is 6.13. The summed E-state index contributed by atoms with van der Waals surface area (Å²) in [5, 5.41) is 20.5. The lowest BCUT2D eigenvalue weighted by molar-refractivity contribution is -0.385. The second kappa shape index (κ2) is 5.92. The number of carbonyl (C=O) groups is 1. The van der Waals surface area contributed by atoms with Crippen LogP contribution in [0, 0.1) is 24.0 Å². The first-order valence-corrected chi connectivity index (χ1v) is 7.69. The number of rotatable bonds is 2. The number of phenolic OH excluding ortho intramolecular Hbond substituents is 1. The summed E-state index contributed by atoms with van der Waals surface area (Å²) < 4.78 is 0. The van der Waals surface area contributed by atoms with Gasteiger partial charge in [0.25, 0.3) is 0 Å². The molecule has 0 unspecified atom stereocenters. The topological polar surface area (TPSA) is 80.4 Å². The van der Waals surface area contributed by atoms with Crippen molar-refractivity contribution in [1.82, 2.24) is 0 Å². The fourth-order valence-electron chi connectivity index (χ4n) is 3.19. The Morgan fingerprint density at radius 1 is 1.17 bits per heavy atom. The van der Waals surface area contributed by atoms with Crippen LogP contribution >= 0.6 is 0 Å². The summed E-state index contributed by atoms with van der Waals surface area (Å²) in [7, 11) is 0. The molecular formula is C19H17NO4. The van der Waals surface area contributed by atoms with Crippen molar-refractivity contribution < 1.29 is 14.8 Å². The number of nitrogens with zero attached hydrogens (tertiary/aromatic N) is 1. The summed E-state index contributed by atoms with van der Waals surface area (Å²) in [6.07, 6.45) is 3.05. The third-order valence-corrected chi connectivity index (χ3v) is 4.33. The molecule has 0 amide bonds. The van der Waals surface area contributed by atoms with Crippen LogP contribution in [0.1, 0.15) is 39.0 Å². The standard InChI is InChI=1S/C19H17NO4/c1-11-7-12(2)15-5-4-14(19(22)16(15)8-11)9-13-3-6-18(21)17(10-13)20(23)24/h3,6-10,21H,4-5H2,1-2H3/b14-9+. The van der Waals surface area contributed by atoms with Crippen LogP contribution in [0.3, 0.4) is 0 Å². The van der Waals surface area contributed by atoms with Gasteiger partial charge in [-0.3, -0.25) is 14.9 Å². The average Bonchev–Trinajstić information content (AvgIpc) is 2.52. The fraction of sp³-hybridized carbons (Fsp3) is 0.211. The molecule has 0 aromatic heterocycles. The van der Waals surface area contributed by atoms with Gasteiger partial charge in [-0.05, 0) is 61.6 Å². The predicted molar refractivity (Wildman–Crippen MR) is 91.3 cm³/mol. The number of allylic oxidation sites excluding steroid dienone is 1. The molecule has 3 rings (SSSR count). The minimum absolute atomic E-state index is 0.0289. The normalized spacial score (nSPS) is 15.4. The number of benzene rings is 2. The van der Waals surface area contributed by atoms with Crippen LogP contribution in [0.2, 0.25) is 0 Å². The number of ketones is 1. The molecule has 5 heteroatoms. The highest BCUT2D eigenvalue weighted by Crippen LogP contribution is 2.32. The van der Waals surface area contributed by atoms with Crippen LogP contribution in [-0.2, 0) is 6.42 Å². The van der Waals surface area contributed by atoms with Gasteiger partial charge in [0, 0.05) is 17.2 Å². The fourth-order valence-corrected chi connectivity index (χ4v) is 3.19. The first-order chi connectivity index (χ1) is 11.4. The van der Waals surface area contributed by atoms with Crippen LogP contribution in [-0.4, -0.2) is 15.8 Å². The van der Waals surface area contributed by atoms with Crippen molar-refractivity contribution in [3.8, 4) is 5.75 Å². The Kier molecular flexibility index (Phi) is 3.93. The molecule has 1 aliphatic rings. The van der Waals surface area contributed by atoms with E-state index in [1.807, 2.05) is 19.9 Å². The van der Waals surface area contributed by atoms with E-state index in [1.54, 1.807) is 12.1 Å². The van der Waals surface area contributed by atoms with E-state index in [1.165, 1.54) is 12.1 Å². The molecule has 122 valence electrons. The van der Waals surface area contributed by atoms with Crippen molar-refractivity contribution in [1.29, 1.82) is 0 Å². The van der Waals surface area contributed by atoms with Gasteiger partial charge in [-0.25, -0.2) is 0 Å². The number of hydrogen-bond acceptors (Lipinski definition) is 4. The summed E-state index contributed by atoms with van der Waals surface area (Å²) >= 11 is 0. The molecule has 0 spiro atoms. The monoisotopic (exact) mass is 323 g/mol. The van der Waals surface area contributed by atoms with Gasteiger partial charge in [0.2, 0.25) is 0 Å². The number of nitro groups is 1. The van der Waals surface area contributed by atoms with E-state index < -0.39 is 4.92 Å². The highest BCUT2D eigenvalue weighted by Gasteiger charge is 2.24. The lowest BCUT2D eigenvalue weighted by Crippen LogP contribution is -2.15. The van der Waals surface area contributed by atoms with Gasteiger partial charge in [0.05, 0.1) is 4.92 Å². The quantitative estimate of drug-likeness (QED) is 0.512. The molecule has 0 atom stereocenters. The molecule has 24 heavy (non-hydrogen) atoms. The molecule has 0 aliphatic heterocycles. The molecule has 1 aliphatic carbocycles. The Balaban J connectivity index is 2.02. The van der Waals surface area contributed by atoms with E-state index in [0.717, 1.165) is 28.7 Å². The Morgan fingerprint density at radius 2 is 1.92 bits per heavy atom. The molecule has 2 aromatic rings. The Morgan fingerprint density at radius 3 is 2.62 bits per heavy atom. The molecule has 0 fully saturated rings. The molecular weight excluding hydrogens is 306 g/mol. The summed E-state index contributed by atoms with van der Waals surface area (Å²) in [6, 6.07) is 8.10. The van der Waals surface area contributed by atoms with E-state index >= 15 is 0 Å². The molecule has 0 bridgehead atoms. The van der Waals surface area contributed by atoms with E-state index in [2.05, 4.69) is 6.07 Å². The summed E-state index contributed by atoms with van der Waals surface area (Å²) in [6.45, 7) is 3.97. The van der Waals surface area contributed by atoms with E-state index in [4.69, 9.17) is 0 Å². The first kappa shape index (κ1) is 15.9. The molecule has 2 aromatic carbocycles. The van der Waals surface area contributed by atoms with Crippen LogP contribution < -0.4 is 0 Å². The van der Waals surface area contributed by atoms with Crippen molar-refractivity contribution in [2.24, 2.45) is 0 Å². The summed E-state index contributed by atoms with van der Waals surface area (Å²) in [5.74, 6) is -0.410. The second-order valence-electron chi connectivity index (χ2n) is 6.11. The Hall–Kier alpha value is -2.95. The first-order valence-electron chi connectivity index (χ1n) is 7.69. The van der Waals surface area contributed by atoms with E-state index in [9.17, 15) is 20.0 Å². The molecule has 0 radical (unpaired) electrons. The average molecular weight is 323 g/mol. The van der Waals surface area contributed by atoms with Gasteiger partial charge in [0.15, 0.2) is 11.5 Å². The van der Waals surface area contributed by atoms with Gasteiger partial charge in [-0.2, -0.15) is 0 Å². The van der Waals surface area contributed by atoms with E-state index in [-0.39, 0.29) is 17.2 Å². The largest absolute Gasteiger partial charge is 0.502 e. The number of aryl methyl sites for hydroxylation is 2. The van der Waals surface area contributed by atoms with Crippen LogP contribution in [0.15, 0.2) is 35.9 Å². The molecule has 0 saturated carbocycles. The van der Waals surface area contributed by atoms with Crippen molar-refractivity contribution in [2.45, 2.75) is 26.7 Å². The number of nitro benzene ring substituents is 1. The SMILES string of the molecule is Cc1cc(C)c2c(c1)C(=O)/C(=C/c1ccc(O)c([N+](=O)[O-])c1)CC2. The number of phenols is 1. The van der Waals surface area contributed by atoms with E-state index in [0.29, 0.717) is 17.6 Å². The zero-order chi connectivity index (χ0) is 17.4. The minimum Gasteiger partial charge on any atom is -0.502 e. The third-order valence-electron chi connectivity index (χ3n) is 4.33. The van der Waals surface area contributed by atoms with Crippen molar-refractivity contribution >= 4 is 17.5 Å². The lowest BCUT2D eigenvalue weighted by Gasteiger charge is -2.20. The van der Waals surface area contributed by atoms with Crippen LogP contribution in [0.5, 0.6) is 5.75 Å². The zero-order valence-electron chi connectivity index (χ0n) is 13.5. The maximum absolute atomic E-state index is 12.8. The van der Waals surface area contributed by atoms with Gasteiger partial charge in [0.1, 0.15) is 0 Å².